The first-order valence-electron chi connectivity index (χ1n) is 5.82. The molecule has 0 fully saturated rings. The summed E-state index contributed by atoms with van der Waals surface area (Å²) >= 11 is 0. The Hall–Kier alpha value is -1.95. The highest BCUT2D eigenvalue weighted by atomic mass is 32.2. The van der Waals surface area contributed by atoms with Crippen LogP contribution in [0.25, 0.3) is 0 Å². The first-order chi connectivity index (χ1) is 8.97. The summed E-state index contributed by atoms with van der Waals surface area (Å²) in [6.45, 7) is 0.663. The third-order valence-corrected chi connectivity index (χ3v) is 3.83. The predicted octanol–water partition coefficient (Wildman–Crippen LogP) is 1.92. The maximum atomic E-state index is 11.4. The van der Waals surface area contributed by atoms with Crippen molar-refractivity contribution in [2.24, 2.45) is 0 Å². The predicted molar refractivity (Wildman–Crippen MR) is 74.9 cm³/mol. The fourth-order valence-electron chi connectivity index (χ4n) is 1.71. The molecular formula is C13H16N2O3S. The molecule has 6 heteroatoms. The van der Waals surface area contributed by atoms with Gasteiger partial charge < -0.3 is 15.5 Å². The van der Waals surface area contributed by atoms with Crippen LogP contribution in [0.4, 0.5) is 11.4 Å². The van der Waals surface area contributed by atoms with Crippen LogP contribution < -0.4 is 11.1 Å². The second kappa shape index (κ2) is 5.36. The van der Waals surface area contributed by atoms with Crippen molar-refractivity contribution in [2.75, 3.05) is 23.9 Å². The number of sulfone groups is 1. The Kier molecular flexibility index (Phi) is 3.80. The summed E-state index contributed by atoms with van der Waals surface area (Å²) in [6, 6.07) is 8.42. The highest BCUT2D eigenvalue weighted by molar-refractivity contribution is 7.90. The van der Waals surface area contributed by atoms with E-state index in [1.807, 2.05) is 12.1 Å². The molecule has 1 aromatic carbocycles. The molecule has 1 aromatic heterocycles. The molecule has 0 spiro atoms. The molecule has 2 aromatic rings. The van der Waals surface area contributed by atoms with Gasteiger partial charge in [0.25, 0.3) is 0 Å². The van der Waals surface area contributed by atoms with Crippen LogP contribution in [-0.4, -0.2) is 21.2 Å². The van der Waals surface area contributed by atoms with Gasteiger partial charge in [0.15, 0.2) is 9.84 Å². The quantitative estimate of drug-likeness (QED) is 0.817. The Morgan fingerprint density at radius 3 is 2.68 bits per heavy atom. The standard InChI is InChI=1S/C13H16N2O3S/c1-19(16,17)11-4-5-13(12(14)9-11)15-7-6-10-3-2-8-18-10/h2-5,8-9,15H,6-7,14H2,1H3. The normalized spacial score (nSPS) is 11.4. The van der Waals surface area contributed by atoms with Crippen molar-refractivity contribution in [1.82, 2.24) is 0 Å². The van der Waals surface area contributed by atoms with Crippen molar-refractivity contribution in [1.29, 1.82) is 0 Å². The summed E-state index contributed by atoms with van der Waals surface area (Å²) in [7, 11) is -3.22. The molecule has 5 nitrogen and oxygen atoms in total. The molecular weight excluding hydrogens is 264 g/mol. The van der Waals surface area contributed by atoms with Gasteiger partial charge in [0.2, 0.25) is 0 Å². The van der Waals surface area contributed by atoms with E-state index in [0.29, 0.717) is 12.2 Å². The average Bonchev–Trinajstić information content (AvgIpc) is 2.83. The van der Waals surface area contributed by atoms with Crippen molar-refractivity contribution < 1.29 is 12.8 Å². The molecule has 3 N–H and O–H groups in total. The minimum absolute atomic E-state index is 0.224. The number of rotatable bonds is 5. The highest BCUT2D eigenvalue weighted by Gasteiger charge is 2.09. The van der Waals surface area contributed by atoms with Gasteiger partial charge >= 0.3 is 0 Å². The van der Waals surface area contributed by atoms with Crippen molar-refractivity contribution in [3.63, 3.8) is 0 Å². The number of nitrogens with two attached hydrogens (primary N) is 1. The zero-order valence-corrected chi connectivity index (χ0v) is 11.4. The molecule has 0 aliphatic heterocycles. The van der Waals surface area contributed by atoms with Crippen LogP contribution in [0, 0.1) is 0 Å². The summed E-state index contributed by atoms with van der Waals surface area (Å²) in [4.78, 5) is 0.224. The van der Waals surface area contributed by atoms with Crippen molar-refractivity contribution >= 4 is 21.2 Å². The van der Waals surface area contributed by atoms with Gasteiger partial charge in [-0.15, -0.1) is 0 Å². The lowest BCUT2D eigenvalue weighted by Crippen LogP contribution is -2.07. The van der Waals surface area contributed by atoms with Crippen LogP contribution in [0.3, 0.4) is 0 Å². The Morgan fingerprint density at radius 2 is 2.11 bits per heavy atom. The lowest BCUT2D eigenvalue weighted by Gasteiger charge is -2.09. The average molecular weight is 280 g/mol. The smallest absolute Gasteiger partial charge is 0.175 e. The molecule has 0 bridgehead atoms. The van der Waals surface area contributed by atoms with Gasteiger partial charge in [-0.25, -0.2) is 8.42 Å². The highest BCUT2D eigenvalue weighted by Crippen LogP contribution is 2.22. The number of furan rings is 1. The van der Waals surface area contributed by atoms with Gasteiger partial charge in [-0.1, -0.05) is 0 Å². The van der Waals surface area contributed by atoms with E-state index < -0.39 is 9.84 Å². The largest absolute Gasteiger partial charge is 0.469 e. The van der Waals surface area contributed by atoms with Crippen LogP contribution in [0.2, 0.25) is 0 Å². The van der Waals surface area contributed by atoms with Crippen molar-refractivity contribution in [2.45, 2.75) is 11.3 Å². The number of nitrogen functional groups attached to an aromatic ring is 1. The second-order valence-corrected chi connectivity index (χ2v) is 6.29. The number of hydrogen-bond acceptors (Lipinski definition) is 5. The van der Waals surface area contributed by atoms with Crippen LogP contribution in [-0.2, 0) is 16.3 Å². The summed E-state index contributed by atoms with van der Waals surface area (Å²) in [5.74, 6) is 0.888. The minimum atomic E-state index is -3.22. The molecule has 102 valence electrons. The van der Waals surface area contributed by atoms with Crippen LogP contribution >= 0.6 is 0 Å². The second-order valence-electron chi connectivity index (χ2n) is 4.28. The van der Waals surface area contributed by atoms with E-state index in [1.165, 1.54) is 6.07 Å². The van der Waals surface area contributed by atoms with Crippen LogP contribution in [0.15, 0.2) is 45.9 Å². The minimum Gasteiger partial charge on any atom is -0.469 e. The Labute approximate surface area is 112 Å². The molecule has 0 unspecified atom stereocenters. The van der Waals surface area contributed by atoms with Gasteiger partial charge in [-0.3, -0.25) is 0 Å². The van der Waals surface area contributed by atoms with Crippen molar-refractivity contribution in [3.8, 4) is 0 Å². The maximum Gasteiger partial charge on any atom is 0.175 e. The van der Waals surface area contributed by atoms with Gasteiger partial charge in [-0.2, -0.15) is 0 Å². The third kappa shape index (κ3) is 3.51. The topological polar surface area (TPSA) is 85.3 Å². The van der Waals surface area contributed by atoms with E-state index in [2.05, 4.69) is 5.32 Å². The molecule has 19 heavy (non-hydrogen) atoms. The molecule has 0 saturated carbocycles. The lowest BCUT2D eigenvalue weighted by atomic mass is 10.2. The number of nitrogens with one attached hydrogen (secondary N) is 1. The lowest BCUT2D eigenvalue weighted by molar-refractivity contribution is 0.513. The van der Waals surface area contributed by atoms with Crippen LogP contribution in [0.1, 0.15) is 5.76 Å². The van der Waals surface area contributed by atoms with Crippen molar-refractivity contribution in [3.05, 3.63) is 42.4 Å². The first-order valence-corrected chi connectivity index (χ1v) is 7.72. The maximum absolute atomic E-state index is 11.4. The zero-order chi connectivity index (χ0) is 13.9. The van der Waals surface area contributed by atoms with E-state index in [1.54, 1.807) is 18.4 Å². The van der Waals surface area contributed by atoms with E-state index in [0.717, 1.165) is 24.1 Å². The van der Waals surface area contributed by atoms with Crippen LogP contribution in [0.5, 0.6) is 0 Å². The monoisotopic (exact) mass is 280 g/mol. The molecule has 0 amide bonds. The fraction of sp³-hybridized carbons (Fsp3) is 0.231. The SMILES string of the molecule is CS(=O)(=O)c1ccc(NCCc2ccco2)c(N)c1. The molecule has 0 radical (unpaired) electrons. The Bertz CT molecular complexity index is 649. The number of hydrogen-bond donors (Lipinski definition) is 2. The van der Waals surface area contributed by atoms with E-state index in [4.69, 9.17) is 10.2 Å². The summed E-state index contributed by atoms with van der Waals surface area (Å²) in [6.07, 6.45) is 3.52. The molecule has 0 aliphatic carbocycles. The number of benzene rings is 1. The fourth-order valence-corrected chi connectivity index (χ4v) is 2.36. The summed E-state index contributed by atoms with van der Waals surface area (Å²) in [5, 5.41) is 3.15. The molecule has 1 heterocycles. The number of anilines is 2. The third-order valence-electron chi connectivity index (χ3n) is 2.72. The molecule has 0 atom stereocenters. The Morgan fingerprint density at radius 1 is 1.32 bits per heavy atom. The summed E-state index contributed by atoms with van der Waals surface area (Å²) < 4.78 is 28.0. The van der Waals surface area contributed by atoms with E-state index >= 15 is 0 Å². The first kappa shape index (κ1) is 13.5. The summed E-state index contributed by atoms with van der Waals surface area (Å²) in [5.41, 5.74) is 6.97. The molecule has 0 saturated heterocycles. The van der Waals surface area contributed by atoms with Gasteiger partial charge in [0.05, 0.1) is 22.5 Å². The Balaban J connectivity index is 2.01. The van der Waals surface area contributed by atoms with Gasteiger partial charge in [0, 0.05) is 19.2 Å². The zero-order valence-electron chi connectivity index (χ0n) is 10.6. The van der Waals surface area contributed by atoms with E-state index in [-0.39, 0.29) is 4.90 Å². The molecule has 0 aliphatic rings. The molecule has 2 rings (SSSR count). The van der Waals surface area contributed by atoms with Gasteiger partial charge in [0.1, 0.15) is 5.76 Å². The van der Waals surface area contributed by atoms with E-state index in [9.17, 15) is 8.42 Å². The van der Waals surface area contributed by atoms with Gasteiger partial charge in [-0.05, 0) is 30.3 Å².